The Morgan fingerprint density at radius 2 is 2.00 bits per heavy atom. The number of anilines is 1. The molecule has 0 heterocycles. The topological polar surface area (TPSA) is 24.1 Å². The fraction of sp³-hybridized carbons (Fsp3) is 0.462. The highest BCUT2D eigenvalue weighted by atomic mass is 79.9. The quantitative estimate of drug-likeness (QED) is 0.808. The molecule has 1 aromatic rings. The van der Waals surface area contributed by atoms with Crippen LogP contribution in [0.25, 0.3) is 0 Å². The van der Waals surface area contributed by atoms with Crippen LogP contribution in [-0.4, -0.2) is 11.2 Å². The second-order valence-corrected chi connectivity index (χ2v) is 5.92. The van der Waals surface area contributed by atoms with Gasteiger partial charge in [0, 0.05) is 16.2 Å². The second-order valence-electron chi connectivity index (χ2n) is 4.60. The highest BCUT2D eigenvalue weighted by Crippen LogP contribution is 2.20. The van der Waals surface area contributed by atoms with Crippen molar-refractivity contribution in [2.75, 3.05) is 5.32 Å². The molecule has 0 aromatic heterocycles. The molecule has 1 fully saturated rings. The maximum atomic E-state index is 5.32. The molecule has 2 nitrogen and oxygen atoms in total. The first-order valence-corrected chi connectivity index (χ1v) is 7.18. The van der Waals surface area contributed by atoms with Gasteiger partial charge in [-0.1, -0.05) is 28.8 Å². The van der Waals surface area contributed by atoms with Gasteiger partial charge in [0.15, 0.2) is 5.11 Å². The summed E-state index contributed by atoms with van der Waals surface area (Å²) in [6.07, 6.45) is 5.10. The Labute approximate surface area is 116 Å². The van der Waals surface area contributed by atoms with Crippen LogP contribution in [0, 0.1) is 6.92 Å². The first-order chi connectivity index (χ1) is 8.13. The van der Waals surface area contributed by atoms with Gasteiger partial charge in [-0.3, -0.25) is 0 Å². The number of rotatable bonds is 2. The van der Waals surface area contributed by atoms with Crippen LogP contribution in [0.15, 0.2) is 22.7 Å². The van der Waals surface area contributed by atoms with Crippen molar-refractivity contribution in [3.8, 4) is 0 Å². The number of hydrogen-bond donors (Lipinski definition) is 2. The molecule has 0 spiro atoms. The largest absolute Gasteiger partial charge is 0.360 e. The third kappa shape index (κ3) is 3.96. The van der Waals surface area contributed by atoms with Crippen LogP contribution in [0.5, 0.6) is 0 Å². The smallest absolute Gasteiger partial charge is 0.170 e. The lowest BCUT2D eigenvalue weighted by molar-refractivity contribution is 0.634. The molecule has 1 aliphatic rings. The fourth-order valence-corrected chi connectivity index (χ4v) is 3.12. The predicted molar refractivity (Wildman–Crippen MR) is 80.5 cm³/mol. The maximum Gasteiger partial charge on any atom is 0.170 e. The molecule has 1 aromatic carbocycles. The highest BCUT2D eigenvalue weighted by Gasteiger charge is 2.15. The van der Waals surface area contributed by atoms with E-state index in [9.17, 15) is 0 Å². The van der Waals surface area contributed by atoms with Gasteiger partial charge in [0.2, 0.25) is 0 Å². The number of benzene rings is 1. The molecule has 1 saturated carbocycles. The van der Waals surface area contributed by atoms with E-state index in [1.807, 2.05) is 6.07 Å². The molecule has 92 valence electrons. The van der Waals surface area contributed by atoms with E-state index in [2.05, 4.69) is 45.6 Å². The van der Waals surface area contributed by atoms with E-state index in [0.717, 1.165) is 15.3 Å². The summed E-state index contributed by atoms with van der Waals surface area (Å²) in [6, 6.07) is 6.77. The molecule has 0 bridgehead atoms. The Balaban J connectivity index is 1.92. The second kappa shape index (κ2) is 5.83. The number of nitrogens with one attached hydrogen (secondary N) is 2. The first-order valence-electron chi connectivity index (χ1n) is 5.98. The highest BCUT2D eigenvalue weighted by molar-refractivity contribution is 9.10. The molecular formula is C13H17BrN2S. The predicted octanol–water partition coefficient (Wildman–Crippen LogP) is 3.99. The third-order valence-corrected chi connectivity index (χ3v) is 3.67. The van der Waals surface area contributed by atoms with Gasteiger partial charge in [0.25, 0.3) is 0 Å². The molecule has 2 rings (SSSR count). The van der Waals surface area contributed by atoms with Gasteiger partial charge in [0.05, 0.1) is 0 Å². The Hall–Kier alpha value is -0.610. The minimum Gasteiger partial charge on any atom is -0.360 e. The number of halogens is 1. The van der Waals surface area contributed by atoms with E-state index in [0.29, 0.717) is 6.04 Å². The standard InChI is InChI=1S/C13H17BrN2S/c1-9-6-10(14)8-12(7-9)16-13(17)15-11-4-2-3-5-11/h6-8,11H,2-5H2,1H3,(H2,15,16,17). The normalized spacial score (nSPS) is 15.9. The average Bonchev–Trinajstić information content (AvgIpc) is 2.67. The minimum atomic E-state index is 0.559. The fourth-order valence-electron chi connectivity index (χ4n) is 2.23. The molecule has 0 amide bonds. The van der Waals surface area contributed by atoms with Crippen molar-refractivity contribution in [2.45, 2.75) is 38.6 Å². The van der Waals surface area contributed by atoms with Crippen LogP contribution in [-0.2, 0) is 0 Å². The van der Waals surface area contributed by atoms with Crippen LogP contribution in [0.1, 0.15) is 31.2 Å². The van der Waals surface area contributed by atoms with E-state index in [1.165, 1.54) is 31.2 Å². The first kappa shape index (κ1) is 12.8. The maximum absolute atomic E-state index is 5.32. The molecule has 0 unspecified atom stereocenters. The van der Waals surface area contributed by atoms with Crippen LogP contribution in [0.3, 0.4) is 0 Å². The van der Waals surface area contributed by atoms with Gasteiger partial charge in [-0.05, 0) is 55.7 Å². The van der Waals surface area contributed by atoms with Gasteiger partial charge in [-0.15, -0.1) is 0 Å². The number of aryl methyl sites for hydroxylation is 1. The lowest BCUT2D eigenvalue weighted by atomic mass is 10.2. The molecule has 0 aliphatic heterocycles. The van der Waals surface area contributed by atoms with Crippen molar-refractivity contribution < 1.29 is 0 Å². The monoisotopic (exact) mass is 312 g/mol. The zero-order valence-electron chi connectivity index (χ0n) is 9.92. The van der Waals surface area contributed by atoms with Crippen molar-refractivity contribution in [1.82, 2.24) is 5.32 Å². The Bertz CT molecular complexity index is 394. The van der Waals surface area contributed by atoms with Crippen LogP contribution in [0.4, 0.5) is 5.69 Å². The summed E-state index contributed by atoms with van der Waals surface area (Å²) in [5, 5.41) is 7.34. The zero-order chi connectivity index (χ0) is 12.3. The molecule has 0 atom stereocenters. The van der Waals surface area contributed by atoms with Crippen molar-refractivity contribution in [2.24, 2.45) is 0 Å². The Morgan fingerprint density at radius 3 is 2.65 bits per heavy atom. The van der Waals surface area contributed by atoms with E-state index in [1.54, 1.807) is 0 Å². The van der Waals surface area contributed by atoms with E-state index in [4.69, 9.17) is 12.2 Å². The van der Waals surface area contributed by atoms with E-state index in [-0.39, 0.29) is 0 Å². The van der Waals surface area contributed by atoms with Gasteiger partial charge in [-0.2, -0.15) is 0 Å². The number of hydrogen-bond acceptors (Lipinski definition) is 1. The van der Waals surface area contributed by atoms with E-state index < -0.39 is 0 Å². The molecule has 4 heteroatoms. The van der Waals surface area contributed by atoms with Crippen molar-refractivity contribution in [3.05, 3.63) is 28.2 Å². The van der Waals surface area contributed by atoms with Gasteiger partial charge >= 0.3 is 0 Å². The Kier molecular flexibility index (Phi) is 4.40. The zero-order valence-corrected chi connectivity index (χ0v) is 12.3. The lowest BCUT2D eigenvalue weighted by Gasteiger charge is -2.16. The van der Waals surface area contributed by atoms with Crippen molar-refractivity contribution in [1.29, 1.82) is 0 Å². The molecule has 0 saturated heterocycles. The van der Waals surface area contributed by atoms with Crippen LogP contribution in [0.2, 0.25) is 0 Å². The third-order valence-electron chi connectivity index (χ3n) is 2.99. The SMILES string of the molecule is Cc1cc(Br)cc(NC(=S)NC2CCCC2)c1. The van der Waals surface area contributed by atoms with Crippen LogP contribution < -0.4 is 10.6 Å². The molecule has 0 radical (unpaired) electrons. The van der Waals surface area contributed by atoms with Crippen molar-refractivity contribution in [3.63, 3.8) is 0 Å². The lowest BCUT2D eigenvalue weighted by Crippen LogP contribution is -2.35. The van der Waals surface area contributed by atoms with Gasteiger partial charge in [-0.25, -0.2) is 0 Å². The summed E-state index contributed by atoms with van der Waals surface area (Å²) in [4.78, 5) is 0. The molecule has 2 N–H and O–H groups in total. The number of thiocarbonyl (C=S) groups is 1. The summed E-state index contributed by atoms with van der Waals surface area (Å²) in [7, 11) is 0. The molecule has 17 heavy (non-hydrogen) atoms. The van der Waals surface area contributed by atoms with Gasteiger partial charge < -0.3 is 10.6 Å². The van der Waals surface area contributed by atoms with E-state index >= 15 is 0 Å². The minimum absolute atomic E-state index is 0.559. The summed E-state index contributed by atoms with van der Waals surface area (Å²) in [5.74, 6) is 0. The molecular weight excluding hydrogens is 296 g/mol. The summed E-state index contributed by atoms with van der Waals surface area (Å²) >= 11 is 8.81. The average molecular weight is 313 g/mol. The summed E-state index contributed by atoms with van der Waals surface area (Å²) in [6.45, 7) is 2.07. The summed E-state index contributed by atoms with van der Waals surface area (Å²) < 4.78 is 1.07. The molecule has 1 aliphatic carbocycles. The Morgan fingerprint density at radius 1 is 1.29 bits per heavy atom. The van der Waals surface area contributed by atoms with Crippen LogP contribution >= 0.6 is 28.1 Å². The van der Waals surface area contributed by atoms with Crippen molar-refractivity contribution >= 4 is 38.9 Å². The van der Waals surface area contributed by atoms with Gasteiger partial charge in [0.1, 0.15) is 0 Å². The summed E-state index contributed by atoms with van der Waals surface area (Å²) in [5.41, 5.74) is 2.25.